The number of aryl methyl sites for hydroxylation is 1. The summed E-state index contributed by atoms with van der Waals surface area (Å²) in [5, 5.41) is 14.3. The Balaban J connectivity index is 1.70. The normalized spacial score (nSPS) is 17.3. The maximum Gasteiger partial charge on any atom is 0.158 e. The van der Waals surface area contributed by atoms with Gasteiger partial charge < -0.3 is 10.1 Å². The predicted molar refractivity (Wildman–Crippen MR) is 95.0 cm³/mol. The van der Waals surface area contributed by atoms with Crippen molar-refractivity contribution in [2.75, 3.05) is 18.5 Å². The number of nitrogens with zero attached hydrogens (tertiary/aromatic N) is 3. The number of hydrogen-bond donors (Lipinski definition) is 1. The molecule has 0 spiro atoms. The molecule has 1 N–H and O–H groups in total. The lowest BCUT2D eigenvalue weighted by Gasteiger charge is -2.13. The number of anilines is 1. The van der Waals surface area contributed by atoms with E-state index in [1.165, 1.54) is 5.56 Å². The second-order valence-electron chi connectivity index (χ2n) is 6.20. The standard InChI is InChI=1S/C19H20N4O/c1-13-4-6-14(7-5-13)18-16-8-9-20-12-17(16)19(23-22-18)21-11-15-3-2-10-24-15/h4-9,12,15H,2-3,10-11H2,1H3,(H,21,23). The summed E-state index contributed by atoms with van der Waals surface area (Å²) in [7, 11) is 0. The van der Waals surface area contributed by atoms with E-state index in [1.54, 1.807) is 6.20 Å². The van der Waals surface area contributed by atoms with E-state index in [-0.39, 0.29) is 6.10 Å². The number of rotatable bonds is 4. The first-order chi connectivity index (χ1) is 11.8. The zero-order valence-electron chi connectivity index (χ0n) is 13.7. The quantitative estimate of drug-likeness (QED) is 0.796. The van der Waals surface area contributed by atoms with Gasteiger partial charge in [0.25, 0.3) is 0 Å². The van der Waals surface area contributed by atoms with Gasteiger partial charge >= 0.3 is 0 Å². The van der Waals surface area contributed by atoms with Crippen molar-refractivity contribution in [3.63, 3.8) is 0 Å². The summed E-state index contributed by atoms with van der Waals surface area (Å²) in [4.78, 5) is 4.26. The Kier molecular flexibility index (Phi) is 4.09. The minimum Gasteiger partial charge on any atom is -0.376 e. The fourth-order valence-corrected chi connectivity index (χ4v) is 3.07. The number of aromatic nitrogens is 3. The van der Waals surface area contributed by atoms with Crippen molar-refractivity contribution in [1.82, 2.24) is 15.2 Å². The zero-order chi connectivity index (χ0) is 16.4. The summed E-state index contributed by atoms with van der Waals surface area (Å²) in [6.45, 7) is 3.69. The summed E-state index contributed by atoms with van der Waals surface area (Å²) in [5.74, 6) is 0.768. The molecule has 5 heteroatoms. The Morgan fingerprint density at radius 2 is 2.00 bits per heavy atom. The molecule has 5 nitrogen and oxygen atoms in total. The molecule has 0 bridgehead atoms. The van der Waals surface area contributed by atoms with Gasteiger partial charge in [-0.25, -0.2) is 0 Å². The van der Waals surface area contributed by atoms with Gasteiger partial charge in [0.05, 0.1) is 6.10 Å². The molecule has 3 aromatic rings. The van der Waals surface area contributed by atoms with E-state index in [2.05, 4.69) is 51.7 Å². The number of pyridine rings is 1. The van der Waals surface area contributed by atoms with Crippen LogP contribution < -0.4 is 5.32 Å². The lowest BCUT2D eigenvalue weighted by Crippen LogP contribution is -2.19. The van der Waals surface area contributed by atoms with Crippen molar-refractivity contribution in [1.29, 1.82) is 0 Å². The van der Waals surface area contributed by atoms with Gasteiger partial charge in [0.15, 0.2) is 5.82 Å². The Morgan fingerprint density at radius 3 is 2.79 bits per heavy atom. The van der Waals surface area contributed by atoms with Gasteiger partial charge in [0, 0.05) is 41.9 Å². The largest absolute Gasteiger partial charge is 0.376 e. The van der Waals surface area contributed by atoms with Crippen LogP contribution >= 0.6 is 0 Å². The topological polar surface area (TPSA) is 59.9 Å². The third-order valence-corrected chi connectivity index (χ3v) is 4.43. The second kappa shape index (κ2) is 6.53. The second-order valence-corrected chi connectivity index (χ2v) is 6.20. The van der Waals surface area contributed by atoms with Gasteiger partial charge in [-0.05, 0) is 25.8 Å². The van der Waals surface area contributed by atoms with E-state index in [0.29, 0.717) is 0 Å². The van der Waals surface area contributed by atoms with Gasteiger partial charge in [0.1, 0.15) is 5.69 Å². The molecule has 1 atom stereocenters. The molecule has 1 aromatic carbocycles. The Bertz CT molecular complexity index is 842. The summed E-state index contributed by atoms with van der Waals surface area (Å²) in [6, 6.07) is 10.3. The molecule has 2 aromatic heterocycles. The molecule has 0 amide bonds. The fourth-order valence-electron chi connectivity index (χ4n) is 3.07. The van der Waals surface area contributed by atoms with Crippen LogP contribution in [0.3, 0.4) is 0 Å². The third-order valence-electron chi connectivity index (χ3n) is 4.43. The average Bonchev–Trinajstić information content (AvgIpc) is 3.14. The van der Waals surface area contributed by atoms with Gasteiger partial charge in [-0.1, -0.05) is 29.8 Å². The highest BCUT2D eigenvalue weighted by Crippen LogP contribution is 2.29. The highest BCUT2D eigenvalue weighted by atomic mass is 16.5. The minimum atomic E-state index is 0.260. The average molecular weight is 320 g/mol. The molecule has 1 saturated heterocycles. The fraction of sp³-hybridized carbons (Fsp3) is 0.316. The lowest BCUT2D eigenvalue weighted by molar-refractivity contribution is 0.120. The van der Waals surface area contributed by atoms with Crippen LogP contribution in [0, 0.1) is 6.92 Å². The SMILES string of the molecule is Cc1ccc(-c2nnc(NCC3CCCO3)c3cnccc23)cc1. The molecule has 0 aliphatic carbocycles. The van der Waals surface area contributed by atoms with Crippen LogP contribution in [0.1, 0.15) is 18.4 Å². The molecule has 1 unspecified atom stereocenters. The zero-order valence-corrected chi connectivity index (χ0v) is 13.7. The first kappa shape index (κ1) is 15.0. The minimum absolute atomic E-state index is 0.260. The first-order valence-electron chi connectivity index (χ1n) is 8.34. The monoisotopic (exact) mass is 320 g/mol. The molecule has 3 heterocycles. The van der Waals surface area contributed by atoms with Crippen LogP contribution in [0.5, 0.6) is 0 Å². The summed E-state index contributed by atoms with van der Waals surface area (Å²) >= 11 is 0. The van der Waals surface area contributed by atoms with Crippen LogP contribution in [0.25, 0.3) is 22.0 Å². The maximum absolute atomic E-state index is 5.66. The van der Waals surface area contributed by atoms with Crippen LogP contribution in [0.2, 0.25) is 0 Å². The number of hydrogen-bond acceptors (Lipinski definition) is 5. The van der Waals surface area contributed by atoms with Crippen molar-refractivity contribution in [2.45, 2.75) is 25.9 Å². The van der Waals surface area contributed by atoms with Gasteiger partial charge in [0.2, 0.25) is 0 Å². The van der Waals surface area contributed by atoms with Gasteiger partial charge in [-0.3, -0.25) is 4.98 Å². The molecule has 0 radical (unpaired) electrons. The van der Waals surface area contributed by atoms with Crippen molar-refractivity contribution in [3.05, 3.63) is 48.3 Å². The number of fused-ring (bicyclic) bond motifs is 1. The van der Waals surface area contributed by atoms with E-state index in [4.69, 9.17) is 4.74 Å². The first-order valence-corrected chi connectivity index (χ1v) is 8.34. The van der Waals surface area contributed by atoms with Crippen molar-refractivity contribution in [3.8, 4) is 11.3 Å². The number of ether oxygens (including phenoxy) is 1. The molecule has 24 heavy (non-hydrogen) atoms. The van der Waals surface area contributed by atoms with Crippen LogP contribution in [-0.2, 0) is 4.74 Å². The van der Waals surface area contributed by atoms with Crippen LogP contribution in [0.4, 0.5) is 5.82 Å². The highest BCUT2D eigenvalue weighted by Gasteiger charge is 2.17. The molecule has 1 fully saturated rings. The smallest absolute Gasteiger partial charge is 0.158 e. The van der Waals surface area contributed by atoms with Gasteiger partial charge in [-0.2, -0.15) is 0 Å². The van der Waals surface area contributed by atoms with Crippen molar-refractivity contribution >= 4 is 16.6 Å². The summed E-state index contributed by atoms with van der Waals surface area (Å²) in [6.07, 6.45) is 6.13. The molecule has 4 rings (SSSR count). The maximum atomic E-state index is 5.66. The van der Waals surface area contributed by atoms with Crippen molar-refractivity contribution < 1.29 is 4.74 Å². The van der Waals surface area contributed by atoms with E-state index in [1.807, 2.05) is 12.3 Å². The Hall–Kier alpha value is -2.53. The molecule has 0 saturated carbocycles. The van der Waals surface area contributed by atoms with Crippen LogP contribution in [-0.4, -0.2) is 34.4 Å². The van der Waals surface area contributed by atoms with Gasteiger partial charge in [-0.15, -0.1) is 10.2 Å². The summed E-state index contributed by atoms with van der Waals surface area (Å²) in [5.41, 5.74) is 3.18. The molecular weight excluding hydrogens is 300 g/mol. The summed E-state index contributed by atoms with van der Waals surface area (Å²) < 4.78 is 5.66. The molecule has 1 aliphatic heterocycles. The lowest BCUT2D eigenvalue weighted by atomic mass is 10.0. The van der Waals surface area contributed by atoms with Crippen LogP contribution in [0.15, 0.2) is 42.7 Å². The predicted octanol–water partition coefficient (Wildman–Crippen LogP) is 3.59. The van der Waals surface area contributed by atoms with E-state index < -0.39 is 0 Å². The Morgan fingerprint density at radius 1 is 1.12 bits per heavy atom. The molecule has 122 valence electrons. The third kappa shape index (κ3) is 2.95. The molecule has 1 aliphatic rings. The Labute approximate surface area is 141 Å². The van der Waals surface area contributed by atoms with E-state index in [9.17, 15) is 0 Å². The van der Waals surface area contributed by atoms with E-state index in [0.717, 1.165) is 53.8 Å². The number of benzene rings is 1. The highest BCUT2D eigenvalue weighted by molar-refractivity contribution is 5.99. The molecular formula is C19H20N4O. The van der Waals surface area contributed by atoms with Crippen molar-refractivity contribution in [2.24, 2.45) is 0 Å². The number of nitrogens with one attached hydrogen (secondary N) is 1. The van der Waals surface area contributed by atoms with E-state index >= 15 is 0 Å².